The topological polar surface area (TPSA) is 46.5 Å². The summed E-state index contributed by atoms with van der Waals surface area (Å²) in [6.45, 7) is 3.60. The lowest BCUT2D eigenvalue weighted by Crippen LogP contribution is -2.10. The van der Waals surface area contributed by atoms with Gasteiger partial charge in [0.2, 0.25) is 0 Å². The first kappa shape index (κ1) is 16.4. The maximum absolute atomic E-state index is 10.5. The van der Waals surface area contributed by atoms with Crippen LogP contribution in [0.5, 0.6) is 5.75 Å². The zero-order valence-electron chi connectivity index (χ0n) is 10.6. The molecule has 3 nitrogen and oxygen atoms in total. The van der Waals surface area contributed by atoms with Crippen molar-refractivity contribution in [2.45, 2.75) is 25.6 Å². The fourth-order valence-electron chi connectivity index (χ4n) is 1.52. The minimum absolute atomic E-state index is 0.189. The van der Waals surface area contributed by atoms with Crippen molar-refractivity contribution in [3.8, 4) is 5.75 Å². The van der Waals surface area contributed by atoms with Gasteiger partial charge in [-0.3, -0.25) is 0 Å². The normalized spacial score (nSPS) is 13.9. The number of ether oxygens (including phenoxy) is 1. The molecule has 0 aliphatic heterocycles. The van der Waals surface area contributed by atoms with Crippen LogP contribution >= 0.6 is 34.8 Å². The first-order valence-corrected chi connectivity index (χ1v) is 7.04. The Labute approximate surface area is 127 Å². The standard InChI is InChI=1S/C13H15Cl3O3/c1-3-7(2)11(14)8-4-5-9(13(16)12(8)15)19-6-10(17)18/h4-5,7,11H,3,6H2,1-2H3,(H,17,18). The molecule has 2 atom stereocenters. The summed E-state index contributed by atoms with van der Waals surface area (Å²) in [4.78, 5) is 10.5. The van der Waals surface area contributed by atoms with Crippen molar-refractivity contribution in [1.82, 2.24) is 0 Å². The quantitative estimate of drug-likeness (QED) is 0.765. The Kier molecular flexibility index (Phi) is 6.24. The first-order chi connectivity index (χ1) is 8.88. The highest BCUT2D eigenvalue weighted by Crippen LogP contribution is 2.42. The number of alkyl halides is 1. The van der Waals surface area contributed by atoms with Crippen molar-refractivity contribution < 1.29 is 14.6 Å². The maximum Gasteiger partial charge on any atom is 0.341 e. The third-order valence-corrected chi connectivity index (χ3v) is 4.41. The van der Waals surface area contributed by atoms with Crippen LogP contribution in [0.25, 0.3) is 0 Å². The third kappa shape index (κ3) is 4.16. The van der Waals surface area contributed by atoms with Crippen LogP contribution in [0.2, 0.25) is 10.0 Å². The number of aliphatic carboxylic acids is 1. The number of benzene rings is 1. The SMILES string of the molecule is CCC(C)C(Cl)c1ccc(OCC(=O)O)c(Cl)c1Cl. The molecule has 1 rings (SSSR count). The zero-order valence-corrected chi connectivity index (χ0v) is 12.9. The van der Waals surface area contributed by atoms with E-state index in [2.05, 4.69) is 0 Å². The fourth-order valence-corrected chi connectivity index (χ4v) is 2.44. The molecule has 6 heteroatoms. The second-order valence-electron chi connectivity index (χ2n) is 4.25. The predicted molar refractivity (Wildman–Crippen MR) is 77.6 cm³/mol. The molecule has 1 N–H and O–H groups in total. The molecule has 1 aromatic carbocycles. The number of carboxylic acid groups (broad SMARTS) is 1. The average molecular weight is 326 g/mol. The fraction of sp³-hybridized carbons (Fsp3) is 0.462. The van der Waals surface area contributed by atoms with Crippen molar-refractivity contribution in [2.75, 3.05) is 6.61 Å². The molecule has 0 aliphatic rings. The lowest BCUT2D eigenvalue weighted by Gasteiger charge is -2.19. The third-order valence-electron chi connectivity index (χ3n) is 2.87. The molecule has 1 aromatic rings. The van der Waals surface area contributed by atoms with E-state index < -0.39 is 12.6 Å². The molecule has 0 amide bonds. The van der Waals surface area contributed by atoms with Crippen LogP contribution in [0.1, 0.15) is 31.2 Å². The summed E-state index contributed by atoms with van der Waals surface area (Å²) >= 11 is 18.6. The number of carbonyl (C=O) groups is 1. The average Bonchev–Trinajstić information content (AvgIpc) is 2.38. The van der Waals surface area contributed by atoms with Gasteiger partial charge in [-0.1, -0.05) is 49.5 Å². The molecule has 0 aromatic heterocycles. The van der Waals surface area contributed by atoms with E-state index in [1.54, 1.807) is 12.1 Å². The first-order valence-electron chi connectivity index (χ1n) is 5.85. The summed E-state index contributed by atoms with van der Waals surface area (Å²) in [6, 6.07) is 3.31. The van der Waals surface area contributed by atoms with Gasteiger partial charge in [-0.15, -0.1) is 11.6 Å². The van der Waals surface area contributed by atoms with Crippen LogP contribution in [0, 0.1) is 5.92 Å². The number of hydrogen-bond donors (Lipinski definition) is 1. The Balaban J connectivity index is 3.00. The molecule has 0 radical (unpaired) electrons. The summed E-state index contributed by atoms with van der Waals surface area (Å²) < 4.78 is 5.04. The van der Waals surface area contributed by atoms with Crippen LogP contribution < -0.4 is 4.74 Å². The van der Waals surface area contributed by atoms with Crippen molar-refractivity contribution in [1.29, 1.82) is 0 Å². The number of halogens is 3. The van der Waals surface area contributed by atoms with E-state index in [1.807, 2.05) is 13.8 Å². The van der Waals surface area contributed by atoms with Crippen molar-refractivity contribution in [3.63, 3.8) is 0 Å². The highest BCUT2D eigenvalue weighted by Gasteiger charge is 2.21. The van der Waals surface area contributed by atoms with Crippen LogP contribution in [0.15, 0.2) is 12.1 Å². The molecule has 0 fully saturated rings. The van der Waals surface area contributed by atoms with Gasteiger partial charge in [-0.05, 0) is 17.5 Å². The maximum atomic E-state index is 10.5. The van der Waals surface area contributed by atoms with Gasteiger partial charge < -0.3 is 9.84 Å². The minimum atomic E-state index is -1.08. The van der Waals surface area contributed by atoms with Gasteiger partial charge in [0.15, 0.2) is 6.61 Å². The van der Waals surface area contributed by atoms with Crippen molar-refractivity contribution in [2.24, 2.45) is 5.92 Å². The van der Waals surface area contributed by atoms with Gasteiger partial charge >= 0.3 is 5.97 Å². The summed E-state index contributed by atoms with van der Waals surface area (Å²) in [5, 5.41) is 8.81. The monoisotopic (exact) mass is 324 g/mol. The van der Waals surface area contributed by atoms with Crippen LogP contribution in [0.3, 0.4) is 0 Å². The van der Waals surface area contributed by atoms with Crippen LogP contribution in [-0.4, -0.2) is 17.7 Å². The highest BCUT2D eigenvalue weighted by molar-refractivity contribution is 6.44. The molecular formula is C13H15Cl3O3. The van der Waals surface area contributed by atoms with Crippen LogP contribution in [0.4, 0.5) is 0 Å². The summed E-state index contributed by atoms with van der Waals surface area (Å²) in [7, 11) is 0. The Morgan fingerprint density at radius 3 is 2.53 bits per heavy atom. The van der Waals surface area contributed by atoms with Gasteiger partial charge in [0, 0.05) is 0 Å². The minimum Gasteiger partial charge on any atom is -0.480 e. The van der Waals surface area contributed by atoms with Crippen LogP contribution in [-0.2, 0) is 4.79 Å². The molecule has 106 valence electrons. The predicted octanol–water partition coefficient (Wildman–Crippen LogP) is 4.78. The zero-order chi connectivity index (χ0) is 14.6. The van der Waals surface area contributed by atoms with E-state index in [0.717, 1.165) is 12.0 Å². The molecule has 0 aliphatic carbocycles. The largest absolute Gasteiger partial charge is 0.480 e. The molecule has 0 saturated carbocycles. The second-order valence-corrected chi connectivity index (χ2v) is 5.48. The summed E-state index contributed by atoms with van der Waals surface area (Å²) in [5.41, 5.74) is 0.727. The molecular weight excluding hydrogens is 310 g/mol. The van der Waals surface area contributed by atoms with E-state index in [-0.39, 0.29) is 22.1 Å². The van der Waals surface area contributed by atoms with Crippen molar-refractivity contribution in [3.05, 3.63) is 27.7 Å². The molecule has 0 bridgehead atoms. The van der Waals surface area contributed by atoms with Gasteiger partial charge in [-0.25, -0.2) is 4.79 Å². The van der Waals surface area contributed by atoms with E-state index in [0.29, 0.717) is 5.02 Å². The van der Waals surface area contributed by atoms with E-state index in [9.17, 15) is 4.79 Å². The van der Waals surface area contributed by atoms with E-state index in [1.165, 1.54) is 0 Å². The Bertz CT molecular complexity index is 463. The van der Waals surface area contributed by atoms with Gasteiger partial charge in [0.25, 0.3) is 0 Å². The second kappa shape index (κ2) is 7.22. The van der Waals surface area contributed by atoms with Gasteiger partial charge in [0.1, 0.15) is 10.8 Å². The molecule has 19 heavy (non-hydrogen) atoms. The highest BCUT2D eigenvalue weighted by atomic mass is 35.5. The number of carboxylic acids is 1. The molecule has 2 unspecified atom stereocenters. The Morgan fingerprint density at radius 1 is 1.37 bits per heavy atom. The van der Waals surface area contributed by atoms with Gasteiger partial charge in [0.05, 0.1) is 10.4 Å². The van der Waals surface area contributed by atoms with Crippen molar-refractivity contribution >= 4 is 40.8 Å². The molecule has 0 spiro atoms. The van der Waals surface area contributed by atoms with E-state index in [4.69, 9.17) is 44.6 Å². The smallest absolute Gasteiger partial charge is 0.341 e. The number of rotatable bonds is 6. The van der Waals surface area contributed by atoms with E-state index >= 15 is 0 Å². The number of hydrogen-bond acceptors (Lipinski definition) is 2. The molecule has 0 heterocycles. The molecule has 0 saturated heterocycles. The summed E-state index contributed by atoms with van der Waals surface area (Å²) in [5.74, 6) is -0.585. The lowest BCUT2D eigenvalue weighted by atomic mass is 9.98. The summed E-state index contributed by atoms with van der Waals surface area (Å²) in [6.07, 6.45) is 0.916. The van der Waals surface area contributed by atoms with Gasteiger partial charge in [-0.2, -0.15) is 0 Å². The lowest BCUT2D eigenvalue weighted by molar-refractivity contribution is -0.139. The Hall–Kier alpha value is -0.640. The Morgan fingerprint density at radius 2 is 2.00 bits per heavy atom.